The van der Waals surface area contributed by atoms with Gasteiger partial charge in [0.1, 0.15) is 0 Å². The number of amides is 2. The third kappa shape index (κ3) is 3.42. The van der Waals surface area contributed by atoms with Crippen molar-refractivity contribution in [2.75, 3.05) is 50.8 Å². The van der Waals surface area contributed by atoms with Gasteiger partial charge >= 0.3 is 0 Å². The largest absolute Gasteiger partial charge is 0.367 e. The fourth-order valence-electron chi connectivity index (χ4n) is 3.84. The number of carbonyl (C=O) groups excluding carboxylic acids is 2. The first-order valence-electron chi connectivity index (χ1n) is 9.30. The maximum Gasteiger partial charge on any atom is 0.253 e. The molecule has 0 radical (unpaired) electrons. The van der Waals surface area contributed by atoms with Crippen LogP contribution in [0.4, 0.5) is 5.69 Å². The van der Waals surface area contributed by atoms with Gasteiger partial charge in [-0.3, -0.25) is 9.59 Å². The van der Waals surface area contributed by atoms with E-state index >= 15 is 0 Å². The SMILES string of the molecule is C=CC(=O)N1CCOC(C(=O)N2CCN(c3cccc4[nH]ccc34)CC2)C1. The van der Waals surface area contributed by atoms with Crippen molar-refractivity contribution in [2.24, 2.45) is 0 Å². The fraction of sp³-hybridized carbons (Fsp3) is 0.400. The number of morpholine rings is 1. The number of nitrogens with zero attached hydrogens (tertiary/aromatic N) is 3. The standard InChI is InChI=1S/C20H24N4O3/c1-2-19(25)24-12-13-27-18(14-24)20(26)23-10-8-22(9-11-23)17-5-3-4-16-15(17)6-7-21-16/h2-7,18,21H,1,8-14H2. The number of benzene rings is 1. The van der Waals surface area contributed by atoms with Gasteiger partial charge in [0, 0.05) is 55.5 Å². The van der Waals surface area contributed by atoms with E-state index in [-0.39, 0.29) is 11.8 Å². The molecule has 2 aliphatic heterocycles. The number of fused-ring (bicyclic) bond motifs is 1. The number of ether oxygens (including phenoxy) is 1. The lowest BCUT2D eigenvalue weighted by molar-refractivity contribution is -0.153. The van der Waals surface area contributed by atoms with Crippen molar-refractivity contribution in [2.45, 2.75) is 6.10 Å². The summed E-state index contributed by atoms with van der Waals surface area (Å²) in [5.74, 6) is -0.184. The molecule has 0 aliphatic carbocycles. The molecule has 0 bridgehead atoms. The number of rotatable bonds is 3. The predicted octanol–water partition coefficient (Wildman–Crippen LogP) is 1.23. The minimum Gasteiger partial charge on any atom is -0.367 e. The van der Waals surface area contributed by atoms with Crippen LogP contribution in [-0.2, 0) is 14.3 Å². The molecule has 2 aliphatic rings. The zero-order chi connectivity index (χ0) is 18.8. The van der Waals surface area contributed by atoms with Crippen molar-refractivity contribution in [3.8, 4) is 0 Å². The second-order valence-electron chi connectivity index (χ2n) is 6.88. The summed E-state index contributed by atoms with van der Waals surface area (Å²) in [5, 5.41) is 1.20. The third-order valence-corrected chi connectivity index (χ3v) is 5.33. The lowest BCUT2D eigenvalue weighted by Crippen LogP contribution is -2.56. The molecule has 2 amide bonds. The zero-order valence-corrected chi connectivity index (χ0v) is 15.3. The first-order valence-corrected chi connectivity index (χ1v) is 9.30. The van der Waals surface area contributed by atoms with Gasteiger partial charge in [-0.2, -0.15) is 0 Å². The summed E-state index contributed by atoms with van der Waals surface area (Å²) in [5.41, 5.74) is 2.31. The maximum absolute atomic E-state index is 12.8. The first kappa shape index (κ1) is 17.6. The van der Waals surface area contributed by atoms with E-state index in [1.807, 2.05) is 17.2 Å². The van der Waals surface area contributed by atoms with Gasteiger partial charge in [0.25, 0.3) is 5.91 Å². The summed E-state index contributed by atoms with van der Waals surface area (Å²) in [6.45, 7) is 7.54. The summed E-state index contributed by atoms with van der Waals surface area (Å²) in [4.78, 5) is 33.7. The van der Waals surface area contributed by atoms with Crippen LogP contribution in [-0.4, -0.2) is 78.6 Å². The average Bonchev–Trinajstić information content (AvgIpc) is 3.22. The van der Waals surface area contributed by atoms with Crippen molar-refractivity contribution in [1.29, 1.82) is 0 Å². The Morgan fingerprint density at radius 1 is 1.11 bits per heavy atom. The molecule has 1 aromatic carbocycles. The number of aromatic nitrogens is 1. The van der Waals surface area contributed by atoms with E-state index in [1.54, 1.807) is 4.90 Å². The molecule has 142 valence electrons. The summed E-state index contributed by atoms with van der Waals surface area (Å²) in [6.07, 6.45) is 2.65. The van der Waals surface area contributed by atoms with Crippen LogP contribution >= 0.6 is 0 Å². The number of H-pyrrole nitrogens is 1. The molecule has 2 aromatic rings. The topological polar surface area (TPSA) is 68.9 Å². The second kappa shape index (κ2) is 7.44. The van der Waals surface area contributed by atoms with E-state index in [4.69, 9.17) is 4.74 Å². The lowest BCUT2D eigenvalue weighted by atomic mass is 10.1. The summed E-state index contributed by atoms with van der Waals surface area (Å²) < 4.78 is 5.64. The molecule has 27 heavy (non-hydrogen) atoms. The number of nitrogens with one attached hydrogen (secondary N) is 1. The molecule has 1 N–H and O–H groups in total. The monoisotopic (exact) mass is 368 g/mol. The molecule has 4 rings (SSSR count). The quantitative estimate of drug-likeness (QED) is 0.828. The second-order valence-corrected chi connectivity index (χ2v) is 6.88. The molecular weight excluding hydrogens is 344 g/mol. The first-order chi connectivity index (χ1) is 13.2. The molecule has 7 nitrogen and oxygen atoms in total. The molecule has 1 atom stereocenters. The predicted molar refractivity (Wildman–Crippen MR) is 104 cm³/mol. The van der Waals surface area contributed by atoms with Gasteiger partial charge in [-0.05, 0) is 24.3 Å². The van der Waals surface area contributed by atoms with Crippen LogP contribution in [0, 0.1) is 0 Å². The van der Waals surface area contributed by atoms with Crippen LogP contribution in [0.1, 0.15) is 0 Å². The van der Waals surface area contributed by atoms with Crippen molar-refractivity contribution in [3.05, 3.63) is 43.1 Å². The Labute approximate surface area is 158 Å². The molecule has 2 saturated heterocycles. The fourth-order valence-corrected chi connectivity index (χ4v) is 3.84. The number of hydrogen-bond acceptors (Lipinski definition) is 4. The zero-order valence-electron chi connectivity index (χ0n) is 15.3. The van der Waals surface area contributed by atoms with Crippen LogP contribution < -0.4 is 4.90 Å². The molecule has 7 heteroatoms. The number of carbonyl (C=O) groups is 2. The van der Waals surface area contributed by atoms with Crippen LogP contribution in [0.25, 0.3) is 10.9 Å². The van der Waals surface area contributed by atoms with Gasteiger partial charge in [0.15, 0.2) is 6.10 Å². The van der Waals surface area contributed by atoms with Crippen LogP contribution in [0.3, 0.4) is 0 Å². The summed E-state index contributed by atoms with van der Waals surface area (Å²) in [7, 11) is 0. The molecule has 1 aromatic heterocycles. The Hall–Kier alpha value is -2.80. The van der Waals surface area contributed by atoms with Crippen LogP contribution in [0.15, 0.2) is 43.1 Å². The number of anilines is 1. The van der Waals surface area contributed by atoms with E-state index in [9.17, 15) is 9.59 Å². The highest BCUT2D eigenvalue weighted by atomic mass is 16.5. The number of piperazine rings is 1. The van der Waals surface area contributed by atoms with E-state index in [2.05, 4.69) is 34.7 Å². The normalized spacial score (nSPS) is 20.7. The van der Waals surface area contributed by atoms with Crippen molar-refractivity contribution < 1.29 is 14.3 Å². The maximum atomic E-state index is 12.8. The third-order valence-electron chi connectivity index (χ3n) is 5.33. The minimum atomic E-state index is -0.581. The van der Waals surface area contributed by atoms with Crippen molar-refractivity contribution >= 4 is 28.4 Å². The summed E-state index contributed by atoms with van der Waals surface area (Å²) in [6, 6.07) is 8.32. The Kier molecular flexibility index (Phi) is 4.85. The van der Waals surface area contributed by atoms with Crippen LogP contribution in [0.2, 0.25) is 0 Å². The number of aromatic amines is 1. The smallest absolute Gasteiger partial charge is 0.253 e. The van der Waals surface area contributed by atoms with E-state index in [0.29, 0.717) is 32.8 Å². The van der Waals surface area contributed by atoms with E-state index in [1.165, 1.54) is 17.1 Å². The Bertz CT molecular complexity index is 854. The highest BCUT2D eigenvalue weighted by Crippen LogP contribution is 2.27. The van der Waals surface area contributed by atoms with Crippen molar-refractivity contribution in [3.63, 3.8) is 0 Å². The Morgan fingerprint density at radius 2 is 1.93 bits per heavy atom. The summed E-state index contributed by atoms with van der Waals surface area (Å²) >= 11 is 0. The Morgan fingerprint density at radius 3 is 2.70 bits per heavy atom. The molecule has 0 saturated carbocycles. The van der Waals surface area contributed by atoms with Gasteiger partial charge in [-0.1, -0.05) is 12.6 Å². The molecule has 2 fully saturated rings. The highest BCUT2D eigenvalue weighted by Gasteiger charge is 2.33. The van der Waals surface area contributed by atoms with Crippen LogP contribution in [0.5, 0.6) is 0 Å². The molecule has 1 unspecified atom stereocenters. The van der Waals surface area contributed by atoms with Gasteiger partial charge in [-0.15, -0.1) is 0 Å². The van der Waals surface area contributed by atoms with Gasteiger partial charge in [-0.25, -0.2) is 0 Å². The lowest BCUT2D eigenvalue weighted by Gasteiger charge is -2.39. The van der Waals surface area contributed by atoms with Gasteiger partial charge < -0.3 is 24.4 Å². The average molecular weight is 368 g/mol. The molecule has 0 spiro atoms. The molecular formula is C20H24N4O3. The highest BCUT2D eigenvalue weighted by molar-refractivity contribution is 5.92. The van der Waals surface area contributed by atoms with E-state index < -0.39 is 6.10 Å². The van der Waals surface area contributed by atoms with E-state index in [0.717, 1.165) is 18.6 Å². The molecule has 3 heterocycles. The minimum absolute atomic E-state index is 0.0314. The van der Waals surface area contributed by atoms with Gasteiger partial charge in [0.05, 0.1) is 13.2 Å². The Balaban J connectivity index is 1.39. The van der Waals surface area contributed by atoms with Gasteiger partial charge in [0.2, 0.25) is 5.91 Å². The number of hydrogen-bond donors (Lipinski definition) is 1. The van der Waals surface area contributed by atoms with Crippen molar-refractivity contribution in [1.82, 2.24) is 14.8 Å².